The van der Waals surface area contributed by atoms with Crippen LogP contribution in [0.5, 0.6) is 5.75 Å². The first kappa shape index (κ1) is 11.7. The summed E-state index contributed by atoms with van der Waals surface area (Å²) < 4.78 is 30.3. The van der Waals surface area contributed by atoms with Gasteiger partial charge < -0.3 is 4.74 Å². The number of ether oxygens (including phenoxy) is 1. The predicted octanol–water partition coefficient (Wildman–Crippen LogP) is 2.95. The van der Waals surface area contributed by atoms with Crippen molar-refractivity contribution in [1.82, 2.24) is 4.98 Å². The van der Waals surface area contributed by atoms with Gasteiger partial charge >= 0.3 is 5.97 Å². The summed E-state index contributed by atoms with van der Waals surface area (Å²) in [4.78, 5) is 15.5. The van der Waals surface area contributed by atoms with E-state index < -0.39 is 17.6 Å². The maximum Gasteiger partial charge on any atom is 0.363 e. The van der Waals surface area contributed by atoms with Gasteiger partial charge in [-0.05, 0) is 19.1 Å². The van der Waals surface area contributed by atoms with Crippen molar-refractivity contribution in [1.29, 1.82) is 0 Å². The molecule has 2 aromatic rings. The normalized spacial score (nSPS) is 10.3. The molecule has 17 heavy (non-hydrogen) atoms. The largest absolute Gasteiger partial charge is 0.422 e. The zero-order valence-electron chi connectivity index (χ0n) is 8.74. The van der Waals surface area contributed by atoms with Gasteiger partial charge in [0, 0.05) is 11.4 Å². The summed E-state index contributed by atoms with van der Waals surface area (Å²) in [7, 11) is 0. The lowest BCUT2D eigenvalue weighted by Crippen LogP contribution is -2.09. The summed E-state index contributed by atoms with van der Waals surface area (Å²) in [6.07, 6.45) is 0. The smallest absolute Gasteiger partial charge is 0.363 e. The Hall–Kier alpha value is -1.82. The number of halogens is 2. The summed E-state index contributed by atoms with van der Waals surface area (Å²) in [6, 6.07) is 2.88. The predicted molar refractivity (Wildman–Crippen MR) is 58.2 cm³/mol. The van der Waals surface area contributed by atoms with Crippen LogP contribution in [0.4, 0.5) is 8.78 Å². The minimum absolute atomic E-state index is 0.0560. The minimum Gasteiger partial charge on any atom is -0.422 e. The third-order valence-electron chi connectivity index (χ3n) is 1.93. The van der Waals surface area contributed by atoms with Gasteiger partial charge in [-0.1, -0.05) is 0 Å². The van der Waals surface area contributed by atoms with Gasteiger partial charge in [-0.3, -0.25) is 0 Å². The first-order valence-corrected chi connectivity index (χ1v) is 5.53. The molecule has 0 aliphatic carbocycles. The Morgan fingerprint density at radius 2 is 2.12 bits per heavy atom. The van der Waals surface area contributed by atoms with Crippen LogP contribution in [0.15, 0.2) is 23.6 Å². The highest BCUT2D eigenvalue weighted by atomic mass is 32.1. The lowest BCUT2D eigenvalue weighted by molar-refractivity contribution is 0.0728. The van der Waals surface area contributed by atoms with E-state index in [1.165, 1.54) is 22.8 Å². The number of aryl methyl sites for hydroxylation is 1. The highest BCUT2D eigenvalue weighted by Gasteiger charge is 2.13. The highest BCUT2D eigenvalue weighted by molar-refractivity contribution is 7.09. The fourth-order valence-corrected chi connectivity index (χ4v) is 1.74. The van der Waals surface area contributed by atoms with E-state index in [4.69, 9.17) is 4.74 Å². The Kier molecular flexibility index (Phi) is 3.14. The van der Waals surface area contributed by atoms with Crippen LogP contribution in [0.25, 0.3) is 0 Å². The lowest BCUT2D eigenvalue weighted by atomic mass is 10.3. The molecular formula is C11H7F2NO2S. The number of esters is 1. The number of rotatable bonds is 2. The van der Waals surface area contributed by atoms with E-state index >= 15 is 0 Å². The van der Waals surface area contributed by atoms with Crippen LogP contribution >= 0.6 is 11.3 Å². The Balaban J connectivity index is 2.15. The standard InChI is InChI=1S/C11H7F2NO2S/c1-6-14-10(5-17-6)11(15)16-7-2-3-8(12)9(13)4-7/h2-5H,1H3. The van der Waals surface area contributed by atoms with E-state index in [1.807, 2.05) is 0 Å². The minimum atomic E-state index is -1.07. The highest BCUT2D eigenvalue weighted by Crippen LogP contribution is 2.17. The van der Waals surface area contributed by atoms with Gasteiger partial charge in [0.05, 0.1) is 5.01 Å². The van der Waals surface area contributed by atoms with Crippen LogP contribution in [0.1, 0.15) is 15.5 Å². The zero-order chi connectivity index (χ0) is 12.4. The van der Waals surface area contributed by atoms with Crippen LogP contribution in [0.3, 0.4) is 0 Å². The number of carbonyl (C=O) groups excluding carboxylic acids is 1. The van der Waals surface area contributed by atoms with E-state index in [0.29, 0.717) is 0 Å². The van der Waals surface area contributed by atoms with Gasteiger partial charge in [0.1, 0.15) is 5.75 Å². The second kappa shape index (κ2) is 4.58. The molecule has 0 aliphatic heterocycles. The second-order valence-electron chi connectivity index (χ2n) is 3.22. The number of hydrogen-bond donors (Lipinski definition) is 0. The molecule has 0 N–H and O–H groups in total. The Labute approximate surface area is 99.7 Å². The first-order chi connectivity index (χ1) is 8.06. The Morgan fingerprint density at radius 1 is 1.35 bits per heavy atom. The van der Waals surface area contributed by atoms with Crippen LogP contribution in [0, 0.1) is 18.6 Å². The molecule has 0 atom stereocenters. The quantitative estimate of drug-likeness (QED) is 0.611. The summed E-state index contributed by atoms with van der Waals surface area (Å²) >= 11 is 1.30. The Bertz CT molecular complexity index is 568. The van der Waals surface area contributed by atoms with E-state index in [1.54, 1.807) is 6.92 Å². The molecule has 0 amide bonds. The molecule has 0 aliphatic rings. The van der Waals surface area contributed by atoms with Gasteiger partial charge in [0.15, 0.2) is 17.3 Å². The first-order valence-electron chi connectivity index (χ1n) is 4.65. The molecule has 0 unspecified atom stereocenters. The molecule has 0 saturated carbocycles. The fraction of sp³-hybridized carbons (Fsp3) is 0.0909. The van der Waals surface area contributed by atoms with Crippen molar-refractivity contribution in [3.63, 3.8) is 0 Å². The molecule has 1 heterocycles. The number of thiazole rings is 1. The fourth-order valence-electron chi connectivity index (χ4n) is 1.16. The zero-order valence-corrected chi connectivity index (χ0v) is 9.55. The van der Waals surface area contributed by atoms with E-state index in [-0.39, 0.29) is 11.4 Å². The van der Waals surface area contributed by atoms with Gasteiger partial charge in [-0.15, -0.1) is 11.3 Å². The average molecular weight is 255 g/mol. The Morgan fingerprint density at radius 3 is 2.71 bits per heavy atom. The SMILES string of the molecule is Cc1nc(C(=O)Oc2ccc(F)c(F)c2)cs1. The third kappa shape index (κ3) is 2.65. The molecular weight excluding hydrogens is 248 g/mol. The van der Waals surface area contributed by atoms with Gasteiger partial charge in [0.25, 0.3) is 0 Å². The molecule has 0 spiro atoms. The van der Waals surface area contributed by atoms with Gasteiger partial charge in [-0.25, -0.2) is 18.6 Å². The average Bonchev–Trinajstić information content (AvgIpc) is 2.70. The molecule has 2 rings (SSSR count). The molecule has 88 valence electrons. The summed E-state index contributed by atoms with van der Waals surface area (Å²) in [5.41, 5.74) is 0.150. The summed E-state index contributed by atoms with van der Waals surface area (Å²) in [5, 5.41) is 2.26. The van der Waals surface area contributed by atoms with Crippen molar-refractivity contribution < 1.29 is 18.3 Å². The topological polar surface area (TPSA) is 39.2 Å². The van der Waals surface area contributed by atoms with E-state index in [9.17, 15) is 13.6 Å². The number of benzene rings is 1. The second-order valence-corrected chi connectivity index (χ2v) is 4.28. The lowest BCUT2D eigenvalue weighted by Gasteiger charge is -2.02. The third-order valence-corrected chi connectivity index (χ3v) is 2.70. The molecule has 0 bridgehead atoms. The van der Waals surface area contributed by atoms with Gasteiger partial charge in [-0.2, -0.15) is 0 Å². The van der Waals surface area contributed by atoms with Crippen molar-refractivity contribution in [2.45, 2.75) is 6.92 Å². The van der Waals surface area contributed by atoms with Gasteiger partial charge in [0.2, 0.25) is 0 Å². The molecule has 1 aromatic heterocycles. The van der Waals surface area contributed by atoms with Crippen LogP contribution in [-0.4, -0.2) is 11.0 Å². The maximum absolute atomic E-state index is 12.9. The monoisotopic (exact) mass is 255 g/mol. The number of aromatic nitrogens is 1. The molecule has 6 heteroatoms. The number of carbonyl (C=O) groups is 1. The molecule has 0 fully saturated rings. The summed E-state index contributed by atoms with van der Waals surface area (Å²) in [6.45, 7) is 1.75. The molecule has 0 radical (unpaired) electrons. The van der Waals surface area contributed by atoms with Crippen molar-refractivity contribution in [2.75, 3.05) is 0 Å². The molecule has 1 aromatic carbocycles. The van der Waals surface area contributed by atoms with E-state index in [0.717, 1.165) is 17.1 Å². The molecule has 0 saturated heterocycles. The van der Waals surface area contributed by atoms with Crippen molar-refractivity contribution in [3.8, 4) is 5.75 Å². The summed E-state index contributed by atoms with van der Waals surface area (Å²) in [5.74, 6) is -2.81. The van der Waals surface area contributed by atoms with Crippen molar-refractivity contribution in [3.05, 3.63) is 45.9 Å². The van der Waals surface area contributed by atoms with Crippen molar-refractivity contribution >= 4 is 17.3 Å². The van der Waals surface area contributed by atoms with Crippen molar-refractivity contribution in [2.24, 2.45) is 0 Å². The number of hydrogen-bond acceptors (Lipinski definition) is 4. The van der Waals surface area contributed by atoms with Crippen LogP contribution in [-0.2, 0) is 0 Å². The van der Waals surface area contributed by atoms with Crippen LogP contribution < -0.4 is 4.74 Å². The van der Waals surface area contributed by atoms with Crippen LogP contribution in [0.2, 0.25) is 0 Å². The molecule has 3 nitrogen and oxygen atoms in total. The number of nitrogens with zero attached hydrogens (tertiary/aromatic N) is 1. The van der Waals surface area contributed by atoms with E-state index in [2.05, 4.69) is 4.98 Å². The maximum atomic E-state index is 12.9.